The van der Waals surface area contributed by atoms with Crippen LogP contribution in [0.15, 0.2) is 0 Å². The van der Waals surface area contributed by atoms with E-state index in [-0.39, 0.29) is 55.8 Å². The number of carbonyl (C=O) groups excluding carboxylic acids is 4. The van der Waals surface area contributed by atoms with Crippen LogP contribution in [0.25, 0.3) is 0 Å². The third-order valence-electron chi connectivity index (χ3n) is 3.13. The van der Waals surface area contributed by atoms with Crippen LogP contribution < -0.4 is 10.6 Å². The maximum absolute atomic E-state index is 11.3. The average Bonchev–Trinajstić information content (AvgIpc) is 2.33. The minimum absolute atomic E-state index is 0.0892. The lowest BCUT2D eigenvalue weighted by molar-refractivity contribution is -0.140. The number of imide groups is 2. The molecule has 0 radical (unpaired) electrons. The van der Waals surface area contributed by atoms with Crippen molar-refractivity contribution in [2.45, 2.75) is 13.0 Å². The maximum atomic E-state index is 11.3. The Kier molecular flexibility index (Phi) is 7.14. The van der Waals surface area contributed by atoms with Gasteiger partial charge in [-0.05, 0) is 6.92 Å². The van der Waals surface area contributed by atoms with Gasteiger partial charge in [-0.2, -0.15) is 0 Å². The average molecular weight is 366 g/mol. The molecule has 2 fully saturated rings. The molecule has 13 heteroatoms. The highest BCUT2D eigenvalue weighted by Gasteiger charge is 2.29. The number of carbonyl (C=O) groups is 4. The molecule has 4 amide bonds. The van der Waals surface area contributed by atoms with Gasteiger partial charge in [0.2, 0.25) is 23.6 Å². The largest absolute Gasteiger partial charge is 0.466 e. The Bertz CT molecular complexity index is 536. The molecule has 5 N–H and O–H groups in total. The third kappa shape index (κ3) is 8.24. The van der Waals surface area contributed by atoms with E-state index in [1.54, 1.807) is 9.80 Å². The standard InChI is InChI=1S/C11H16N4O4.H3O4P/c1-7(15-5-10(18)13-11(19)6-15)2-14-3-8(16)12-9(17)4-14;1-5(2,3)4/h7H,2-6H2,1H3,(H,12,16,17)(H,13,18,19);(H3,1,2,3,4)/t7-;/m0./s1. The first-order valence-corrected chi connectivity index (χ1v) is 8.40. The molecule has 0 unspecified atom stereocenters. The predicted octanol–water partition coefficient (Wildman–Crippen LogP) is -3.64. The van der Waals surface area contributed by atoms with E-state index in [0.717, 1.165) is 0 Å². The van der Waals surface area contributed by atoms with Gasteiger partial charge in [-0.15, -0.1) is 0 Å². The first-order chi connectivity index (χ1) is 10.9. The zero-order valence-electron chi connectivity index (χ0n) is 12.8. The number of hydrogen-bond acceptors (Lipinski definition) is 7. The lowest BCUT2D eigenvalue weighted by atomic mass is 10.2. The van der Waals surface area contributed by atoms with E-state index >= 15 is 0 Å². The van der Waals surface area contributed by atoms with Crippen molar-refractivity contribution in [3.8, 4) is 0 Å². The van der Waals surface area contributed by atoms with E-state index in [2.05, 4.69) is 10.6 Å². The van der Waals surface area contributed by atoms with Gasteiger partial charge in [-0.1, -0.05) is 0 Å². The molecule has 2 rings (SSSR count). The lowest BCUT2D eigenvalue weighted by Crippen LogP contribution is -2.58. The van der Waals surface area contributed by atoms with E-state index < -0.39 is 7.82 Å². The number of piperazine rings is 2. The molecule has 136 valence electrons. The molecule has 0 aliphatic carbocycles. The van der Waals surface area contributed by atoms with Crippen LogP contribution in [0.2, 0.25) is 0 Å². The highest BCUT2D eigenvalue weighted by atomic mass is 31.2. The van der Waals surface area contributed by atoms with E-state index in [0.29, 0.717) is 6.54 Å². The molecule has 0 aromatic carbocycles. The molecule has 0 saturated carbocycles. The minimum Gasteiger partial charge on any atom is -0.303 e. The minimum atomic E-state index is -4.64. The Labute approximate surface area is 137 Å². The Morgan fingerprint density at radius 3 is 1.62 bits per heavy atom. The SMILES string of the molecule is C[C@@H](CN1CC(=O)NC(=O)C1)N1CC(=O)NC(=O)C1.O=P(O)(O)O. The summed E-state index contributed by atoms with van der Waals surface area (Å²) in [6, 6.07) is -0.0892. The fourth-order valence-electron chi connectivity index (χ4n) is 2.29. The monoisotopic (exact) mass is 366 g/mol. The summed E-state index contributed by atoms with van der Waals surface area (Å²) in [7, 11) is -4.64. The van der Waals surface area contributed by atoms with Crippen LogP contribution in [0.1, 0.15) is 6.92 Å². The molecule has 12 nitrogen and oxygen atoms in total. The highest BCUT2D eigenvalue weighted by molar-refractivity contribution is 7.45. The van der Waals surface area contributed by atoms with Crippen LogP contribution in [-0.2, 0) is 23.7 Å². The lowest BCUT2D eigenvalue weighted by Gasteiger charge is -2.35. The van der Waals surface area contributed by atoms with E-state index in [4.69, 9.17) is 19.2 Å². The summed E-state index contributed by atoms with van der Waals surface area (Å²) >= 11 is 0. The smallest absolute Gasteiger partial charge is 0.303 e. The quantitative estimate of drug-likeness (QED) is 0.247. The summed E-state index contributed by atoms with van der Waals surface area (Å²) in [6.07, 6.45) is 0. The van der Waals surface area contributed by atoms with Crippen LogP contribution >= 0.6 is 7.82 Å². The third-order valence-corrected chi connectivity index (χ3v) is 3.13. The van der Waals surface area contributed by atoms with Crippen LogP contribution in [0.4, 0.5) is 0 Å². The number of nitrogens with one attached hydrogen (secondary N) is 2. The molecular formula is C11H19N4O8P. The molecule has 2 heterocycles. The molecule has 2 aliphatic heterocycles. The molecule has 1 atom stereocenters. The van der Waals surface area contributed by atoms with E-state index in [1.165, 1.54) is 0 Å². The second-order valence-corrected chi connectivity index (χ2v) is 6.41. The predicted molar refractivity (Wildman–Crippen MR) is 78.0 cm³/mol. The first-order valence-electron chi connectivity index (χ1n) is 6.84. The van der Waals surface area contributed by atoms with Crippen molar-refractivity contribution < 1.29 is 38.4 Å². The molecule has 0 bridgehead atoms. The summed E-state index contributed by atoms with van der Waals surface area (Å²) in [5, 5.41) is 4.46. The number of amides is 4. The Morgan fingerprint density at radius 1 is 0.917 bits per heavy atom. The number of nitrogens with zero attached hydrogens (tertiary/aromatic N) is 2. The summed E-state index contributed by atoms with van der Waals surface area (Å²) < 4.78 is 8.88. The first kappa shape index (κ1) is 20.4. The van der Waals surface area contributed by atoms with Crippen molar-refractivity contribution >= 4 is 31.5 Å². The normalized spacial score (nSPS) is 21.5. The zero-order chi connectivity index (χ0) is 18.5. The van der Waals surface area contributed by atoms with E-state index in [1.807, 2.05) is 6.92 Å². The van der Waals surface area contributed by atoms with Gasteiger partial charge in [-0.25, -0.2) is 4.57 Å². The molecule has 0 aromatic rings. The van der Waals surface area contributed by atoms with Crippen molar-refractivity contribution in [1.29, 1.82) is 0 Å². The van der Waals surface area contributed by atoms with E-state index in [9.17, 15) is 19.2 Å². The Hall–Kier alpha value is -1.69. The van der Waals surface area contributed by atoms with Gasteiger partial charge in [0.25, 0.3) is 0 Å². The molecule has 2 aliphatic rings. The number of phosphoric acid groups is 1. The second kappa shape index (κ2) is 8.42. The molecule has 0 aromatic heterocycles. The number of rotatable bonds is 3. The van der Waals surface area contributed by atoms with Crippen molar-refractivity contribution in [1.82, 2.24) is 20.4 Å². The molecule has 0 spiro atoms. The second-order valence-electron chi connectivity index (χ2n) is 5.38. The van der Waals surface area contributed by atoms with Crippen LogP contribution in [-0.4, -0.2) is 86.9 Å². The van der Waals surface area contributed by atoms with Gasteiger partial charge in [0.05, 0.1) is 26.2 Å². The van der Waals surface area contributed by atoms with Crippen LogP contribution in [0.3, 0.4) is 0 Å². The maximum Gasteiger partial charge on any atom is 0.466 e. The van der Waals surface area contributed by atoms with Crippen molar-refractivity contribution in [2.24, 2.45) is 0 Å². The molecule has 2 saturated heterocycles. The van der Waals surface area contributed by atoms with Gasteiger partial charge in [-0.3, -0.25) is 39.6 Å². The van der Waals surface area contributed by atoms with Crippen LogP contribution in [0, 0.1) is 0 Å². The fraction of sp³-hybridized carbons (Fsp3) is 0.636. The van der Waals surface area contributed by atoms with Crippen LogP contribution in [0.5, 0.6) is 0 Å². The van der Waals surface area contributed by atoms with Gasteiger partial charge < -0.3 is 14.7 Å². The van der Waals surface area contributed by atoms with Gasteiger partial charge in [0, 0.05) is 12.6 Å². The zero-order valence-corrected chi connectivity index (χ0v) is 13.7. The summed E-state index contributed by atoms with van der Waals surface area (Å²) in [5.74, 6) is -1.29. The summed E-state index contributed by atoms with van der Waals surface area (Å²) in [6.45, 7) is 2.94. The van der Waals surface area contributed by atoms with Gasteiger partial charge in [0.15, 0.2) is 0 Å². The van der Waals surface area contributed by atoms with Crippen molar-refractivity contribution in [3.63, 3.8) is 0 Å². The van der Waals surface area contributed by atoms with Gasteiger partial charge >= 0.3 is 7.82 Å². The Morgan fingerprint density at radius 2 is 1.25 bits per heavy atom. The Balaban J connectivity index is 0.000000505. The van der Waals surface area contributed by atoms with Crippen molar-refractivity contribution in [3.05, 3.63) is 0 Å². The highest BCUT2D eigenvalue weighted by Crippen LogP contribution is 2.25. The molecular weight excluding hydrogens is 347 g/mol. The fourth-order valence-corrected chi connectivity index (χ4v) is 2.29. The van der Waals surface area contributed by atoms with Crippen molar-refractivity contribution in [2.75, 3.05) is 32.7 Å². The topological polar surface area (TPSA) is 177 Å². The molecule has 24 heavy (non-hydrogen) atoms. The summed E-state index contributed by atoms with van der Waals surface area (Å²) in [5.41, 5.74) is 0. The van der Waals surface area contributed by atoms with Gasteiger partial charge in [0.1, 0.15) is 0 Å². The summed E-state index contributed by atoms with van der Waals surface area (Å²) in [4.78, 5) is 70.0. The number of hydrogen-bond donors (Lipinski definition) is 5.